The topological polar surface area (TPSA) is 6.48 Å². The SMILES string of the molecule is Fc1ccc(CN2CCN3CCCCC3C2)cc1Br. The maximum Gasteiger partial charge on any atom is 0.137 e. The maximum atomic E-state index is 13.2. The number of hydrogen-bond acceptors (Lipinski definition) is 2. The summed E-state index contributed by atoms with van der Waals surface area (Å²) in [5.41, 5.74) is 1.19. The first-order chi connectivity index (χ1) is 9.22. The van der Waals surface area contributed by atoms with Gasteiger partial charge in [-0.2, -0.15) is 0 Å². The summed E-state index contributed by atoms with van der Waals surface area (Å²) in [5.74, 6) is -0.180. The molecule has 0 amide bonds. The quantitative estimate of drug-likeness (QED) is 0.823. The Morgan fingerprint density at radius 2 is 2.11 bits per heavy atom. The first-order valence-corrected chi connectivity index (χ1v) is 7.92. The predicted molar refractivity (Wildman–Crippen MR) is 78.6 cm³/mol. The van der Waals surface area contributed by atoms with Crippen LogP contribution < -0.4 is 0 Å². The highest BCUT2D eigenvalue weighted by Gasteiger charge is 2.28. The van der Waals surface area contributed by atoms with Gasteiger partial charge in [0.2, 0.25) is 0 Å². The third kappa shape index (κ3) is 3.18. The van der Waals surface area contributed by atoms with Crippen LogP contribution in [0.4, 0.5) is 4.39 Å². The fourth-order valence-electron chi connectivity index (χ4n) is 3.26. The Morgan fingerprint density at radius 3 is 2.95 bits per heavy atom. The molecule has 0 N–H and O–H groups in total. The van der Waals surface area contributed by atoms with Gasteiger partial charge in [0.05, 0.1) is 4.47 Å². The number of piperazine rings is 1. The molecule has 19 heavy (non-hydrogen) atoms. The summed E-state index contributed by atoms with van der Waals surface area (Å²) >= 11 is 3.26. The second-order valence-corrected chi connectivity index (χ2v) is 6.52. The van der Waals surface area contributed by atoms with Crippen molar-refractivity contribution in [1.29, 1.82) is 0 Å². The molecule has 2 aliphatic rings. The highest BCUT2D eigenvalue weighted by molar-refractivity contribution is 9.10. The van der Waals surface area contributed by atoms with Gasteiger partial charge >= 0.3 is 0 Å². The van der Waals surface area contributed by atoms with Crippen molar-refractivity contribution < 1.29 is 4.39 Å². The van der Waals surface area contributed by atoms with Crippen molar-refractivity contribution in [3.63, 3.8) is 0 Å². The van der Waals surface area contributed by atoms with Crippen molar-refractivity contribution in [3.05, 3.63) is 34.1 Å². The zero-order chi connectivity index (χ0) is 13.2. The average Bonchev–Trinajstić information content (AvgIpc) is 2.43. The van der Waals surface area contributed by atoms with Gasteiger partial charge in [0.1, 0.15) is 5.82 Å². The van der Waals surface area contributed by atoms with Crippen LogP contribution in [0.25, 0.3) is 0 Å². The Hall–Kier alpha value is -0.450. The normalized spacial score (nSPS) is 25.3. The number of rotatable bonds is 2. The van der Waals surface area contributed by atoms with Gasteiger partial charge in [-0.05, 0) is 53.0 Å². The van der Waals surface area contributed by atoms with Crippen molar-refractivity contribution in [2.45, 2.75) is 31.8 Å². The zero-order valence-corrected chi connectivity index (χ0v) is 12.7. The molecule has 1 aromatic carbocycles. The maximum absolute atomic E-state index is 13.2. The number of fused-ring (bicyclic) bond motifs is 1. The third-order valence-electron chi connectivity index (χ3n) is 4.31. The second kappa shape index (κ2) is 5.90. The minimum absolute atomic E-state index is 0.180. The Balaban J connectivity index is 1.62. The molecule has 1 atom stereocenters. The highest BCUT2D eigenvalue weighted by Crippen LogP contribution is 2.23. The monoisotopic (exact) mass is 326 g/mol. The lowest BCUT2D eigenvalue weighted by Crippen LogP contribution is -2.54. The zero-order valence-electron chi connectivity index (χ0n) is 11.1. The molecule has 0 aromatic heterocycles. The third-order valence-corrected chi connectivity index (χ3v) is 4.92. The molecular formula is C15H20BrFN2. The van der Waals surface area contributed by atoms with Crippen LogP contribution in [-0.4, -0.2) is 42.0 Å². The van der Waals surface area contributed by atoms with Gasteiger partial charge in [-0.15, -0.1) is 0 Å². The lowest BCUT2D eigenvalue weighted by atomic mass is 9.99. The molecule has 2 nitrogen and oxygen atoms in total. The summed E-state index contributed by atoms with van der Waals surface area (Å²) in [6, 6.07) is 6.10. The van der Waals surface area contributed by atoms with Crippen LogP contribution in [0.1, 0.15) is 24.8 Å². The summed E-state index contributed by atoms with van der Waals surface area (Å²) in [6.07, 6.45) is 4.07. The lowest BCUT2D eigenvalue weighted by molar-refractivity contribution is 0.0457. The number of piperidine rings is 1. The number of nitrogens with zero attached hydrogens (tertiary/aromatic N) is 2. The Kier molecular flexibility index (Phi) is 4.20. The van der Waals surface area contributed by atoms with Crippen LogP contribution in [0.5, 0.6) is 0 Å². The average molecular weight is 327 g/mol. The second-order valence-electron chi connectivity index (χ2n) is 5.67. The van der Waals surface area contributed by atoms with Gasteiger partial charge in [0, 0.05) is 32.2 Å². The van der Waals surface area contributed by atoms with Gasteiger partial charge in [0.15, 0.2) is 0 Å². The van der Waals surface area contributed by atoms with E-state index < -0.39 is 0 Å². The fourth-order valence-corrected chi connectivity index (χ4v) is 3.69. The molecule has 104 valence electrons. The first-order valence-electron chi connectivity index (χ1n) is 7.13. The van der Waals surface area contributed by atoms with Gasteiger partial charge < -0.3 is 0 Å². The number of halogens is 2. The highest BCUT2D eigenvalue weighted by atomic mass is 79.9. The minimum Gasteiger partial charge on any atom is -0.298 e. The fraction of sp³-hybridized carbons (Fsp3) is 0.600. The van der Waals surface area contributed by atoms with Crippen molar-refractivity contribution >= 4 is 15.9 Å². The van der Waals surface area contributed by atoms with E-state index in [1.165, 1.54) is 37.9 Å². The van der Waals surface area contributed by atoms with Gasteiger partial charge in [-0.3, -0.25) is 9.80 Å². The minimum atomic E-state index is -0.180. The molecule has 4 heteroatoms. The Bertz CT molecular complexity index is 452. The molecule has 2 heterocycles. The molecule has 2 saturated heterocycles. The Morgan fingerprint density at radius 1 is 1.21 bits per heavy atom. The van der Waals surface area contributed by atoms with E-state index in [1.807, 2.05) is 12.1 Å². The number of hydrogen-bond donors (Lipinski definition) is 0. The molecule has 0 aliphatic carbocycles. The van der Waals surface area contributed by atoms with E-state index in [9.17, 15) is 4.39 Å². The van der Waals surface area contributed by atoms with Crippen LogP contribution in [0, 0.1) is 5.82 Å². The molecule has 1 unspecified atom stereocenters. The van der Waals surface area contributed by atoms with E-state index in [2.05, 4.69) is 25.7 Å². The molecule has 0 radical (unpaired) electrons. The van der Waals surface area contributed by atoms with Crippen LogP contribution >= 0.6 is 15.9 Å². The summed E-state index contributed by atoms with van der Waals surface area (Å²) < 4.78 is 13.8. The molecular weight excluding hydrogens is 307 g/mol. The number of benzene rings is 1. The molecule has 0 saturated carbocycles. The van der Waals surface area contributed by atoms with E-state index in [4.69, 9.17) is 0 Å². The van der Waals surface area contributed by atoms with E-state index in [0.29, 0.717) is 4.47 Å². The van der Waals surface area contributed by atoms with Gasteiger partial charge in [-0.25, -0.2) is 4.39 Å². The van der Waals surface area contributed by atoms with Crippen LogP contribution in [0.3, 0.4) is 0 Å². The summed E-state index contributed by atoms with van der Waals surface area (Å²) in [7, 11) is 0. The van der Waals surface area contributed by atoms with Crippen molar-refractivity contribution in [2.75, 3.05) is 26.2 Å². The van der Waals surface area contributed by atoms with Gasteiger partial charge in [-0.1, -0.05) is 12.5 Å². The van der Waals surface area contributed by atoms with Crippen molar-refractivity contribution in [2.24, 2.45) is 0 Å². The van der Waals surface area contributed by atoms with Gasteiger partial charge in [0.25, 0.3) is 0 Å². The molecule has 2 aliphatic heterocycles. The molecule has 3 rings (SSSR count). The summed E-state index contributed by atoms with van der Waals surface area (Å²) in [4.78, 5) is 5.15. The first kappa shape index (κ1) is 13.5. The summed E-state index contributed by atoms with van der Waals surface area (Å²) in [6.45, 7) is 5.69. The predicted octanol–water partition coefficient (Wildman–Crippen LogP) is 3.26. The van der Waals surface area contributed by atoms with E-state index in [-0.39, 0.29) is 5.82 Å². The molecule has 0 bridgehead atoms. The Labute approximate surface area is 122 Å². The molecule has 0 spiro atoms. The van der Waals surface area contributed by atoms with Crippen LogP contribution in [0.15, 0.2) is 22.7 Å². The van der Waals surface area contributed by atoms with Crippen LogP contribution in [0.2, 0.25) is 0 Å². The van der Waals surface area contributed by atoms with E-state index in [1.54, 1.807) is 6.07 Å². The van der Waals surface area contributed by atoms with E-state index >= 15 is 0 Å². The van der Waals surface area contributed by atoms with Crippen molar-refractivity contribution in [3.8, 4) is 0 Å². The standard InChI is InChI=1S/C15H20BrFN2/c16-14-9-12(4-5-15(14)17)10-18-7-8-19-6-2-1-3-13(19)11-18/h4-5,9,13H,1-3,6-8,10-11H2. The van der Waals surface area contributed by atoms with Crippen LogP contribution in [-0.2, 0) is 6.54 Å². The smallest absolute Gasteiger partial charge is 0.137 e. The van der Waals surface area contributed by atoms with Crippen molar-refractivity contribution in [1.82, 2.24) is 9.80 Å². The summed E-state index contributed by atoms with van der Waals surface area (Å²) in [5, 5.41) is 0. The largest absolute Gasteiger partial charge is 0.298 e. The lowest BCUT2D eigenvalue weighted by Gasteiger charge is -2.44. The molecule has 2 fully saturated rings. The van der Waals surface area contributed by atoms with E-state index in [0.717, 1.165) is 25.7 Å². The molecule has 1 aromatic rings.